The highest BCUT2D eigenvalue weighted by atomic mass is 19.4. The standard InChI is InChI=1S/C19H14F3NO2/c1-13(24)15-10-8-14(9-11-15)5-4-12-23-18(25)16-6-2-3-7-17(16)19(20,21)22/h2-3,6-11H,12H2,1H3,(H,23,25). The van der Waals surface area contributed by atoms with Crippen molar-refractivity contribution >= 4 is 11.7 Å². The van der Waals surface area contributed by atoms with Gasteiger partial charge in [-0.15, -0.1) is 0 Å². The monoisotopic (exact) mass is 345 g/mol. The Hall–Kier alpha value is -3.07. The van der Waals surface area contributed by atoms with Crippen LogP contribution in [0.25, 0.3) is 0 Å². The fourth-order valence-corrected chi connectivity index (χ4v) is 2.08. The average Bonchev–Trinajstić information content (AvgIpc) is 2.58. The van der Waals surface area contributed by atoms with Crippen LogP contribution in [0, 0.1) is 11.8 Å². The average molecular weight is 345 g/mol. The number of carbonyl (C=O) groups excluding carboxylic acids is 2. The van der Waals surface area contributed by atoms with Gasteiger partial charge in [-0.05, 0) is 31.2 Å². The lowest BCUT2D eigenvalue weighted by Gasteiger charge is -2.11. The first kappa shape index (κ1) is 18.3. The van der Waals surface area contributed by atoms with E-state index in [0.717, 1.165) is 12.1 Å². The Morgan fingerprint density at radius 3 is 2.28 bits per heavy atom. The molecule has 0 aromatic heterocycles. The number of hydrogen-bond acceptors (Lipinski definition) is 2. The third-order valence-corrected chi connectivity index (χ3v) is 3.34. The van der Waals surface area contributed by atoms with Crippen molar-refractivity contribution in [3.63, 3.8) is 0 Å². The van der Waals surface area contributed by atoms with Gasteiger partial charge in [0.1, 0.15) is 0 Å². The number of carbonyl (C=O) groups is 2. The van der Waals surface area contributed by atoms with Crippen LogP contribution in [0.3, 0.4) is 0 Å². The molecule has 2 aromatic rings. The fraction of sp³-hybridized carbons (Fsp3) is 0.158. The van der Waals surface area contributed by atoms with E-state index < -0.39 is 23.2 Å². The number of Topliss-reactive ketones (excluding diaryl/α,β-unsaturated/α-hetero) is 1. The van der Waals surface area contributed by atoms with Gasteiger partial charge in [-0.1, -0.05) is 36.1 Å². The van der Waals surface area contributed by atoms with E-state index in [-0.39, 0.29) is 12.3 Å². The molecule has 0 fully saturated rings. The van der Waals surface area contributed by atoms with Gasteiger partial charge in [-0.3, -0.25) is 9.59 Å². The van der Waals surface area contributed by atoms with E-state index in [1.165, 1.54) is 19.1 Å². The molecule has 0 bridgehead atoms. The van der Waals surface area contributed by atoms with Gasteiger partial charge in [-0.25, -0.2) is 0 Å². The molecule has 6 heteroatoms. The summed E-state index contributed by atoms with van der Waals surface area (Å²) in [5.41, 5.74) is -0.236. The van der Waals surface area contributed by atoms with Gasteiger partial charge >= 0.3 is 6.18 Å². The molecule has 25 heavy (non-hydrogen) atoms. The van der Waals surface area contributed by atoms with Crippen LogP contribution >= 0.6 is 0 Å². The van der Waals surface area contributed by atoms with Crippen molar-refractivity contribution in [3.05, 3.63) is 70.8 Å². The summed E-state index contributed by atoms with van der Waals surface area (Å²) in [5.74, 6) is 4.53. The highest BCUT2D eigenvalue weighted by molar-refractivity contribution is 5.96. The van der Waals surface area contributed by atoms with Gasteiger partial charge in [0.05, 0.1) is 17.7 Å². The van der Waals surface area contributed by atoms with Crippen LogP contribution in [-0.4, -0.2) is 18.2 Å². The number of benzene rings is 2. The Balaban J connectivity index is 2.01. The zero-order valence-electron chi connectivity index (χ0n) is 13.3. The minimum absolute atomic E-state index is 0.0601. The molecule has 0 aliphatic rings. The fourth-order valence-electron chi connectivity index (χ4n) is 2.08. The number of amides is 1. The lowest BCUT2D eigenvalue weighted by Crippen LogP contribution is -2.26. The van der Waals surface area contributed by atoms with Gasteiger partial charge in [-0.2, -0.15) is 13.2 Å². The Kier molecular flexibility index (Phi) is 5.60. The largest absolute Gasteiger partial charge is 0.417 e. The third-order valence-electron chi connectivity index (χ3n) is 3.34. The molecular formula is C19H14F3NO2. The molecule has 0 saturated heterocycles. The number of rotatable bonds is 3. The second-order valence-corrected chi connectivity index (χ2v) is 5.16. The van der Waals surface area contributed by atoms with Gasteiger partial charge < -0.3 is 5.32 Å². The highest BCUT2D eigenvalue weighted by Gasteiger charge is 2.34. The molecule has 0 heterocycles. The number of ketones is 1. The van der Waals surface area contributed by atoms with Crippen LogP contribution in [0.2, 0.25) is 0 Å². The first-order valence-corrected chi connectivity index (χ1v) is 7.33. The SMILES string of the molecule is CC(=O)c1ccc(C#CCNC(=O)c2ccccc2C(F)(F)F)cc1. The minimum Gasteiger partial charge on any atom is -0.341 e. The molecule has 3 nitrogen and oxygen atoms in total. The van der Waals surface area contributed by atoms with Crippen LogP contribution in [0.1, 0.15) is 38.8 Å². The normalized spacial score (nSPS) is 10.6. The summed E-state index contributed by atoms with van der Waals surface area (Å²) in [6.07, 6.45) is -4.60. The number of alkyl halides is 3. The smallest absolute Gasteiger partial charge is 0.341 e. The molecule has 0 saturated carbocycles. The zero-order chi connectivity index (χ0) is 18.4. The first-order chi connectivity index (χ1) is 11.8. The van der Waals surface area contributed by atoms with Gasteiger partial charge in [0, 0.05) is 11.1 Å². The molecule has 128 valence electrons. The molecule has 2 aromatic carbocycles. The quantitative estimate of drug-likeness (QED) is 0.681. The maximum atomic E-state index is 12.9. The van der Waals surface area contributed by atoms with Gasteiger partial charge in [0.2, 0.25) is 0 Å². The summed E-state index contributed by atoms with van der Waals surface area (Å²) in [6, 6.07) is 11.1. The van der Waals surface area contributed by atoms with Crippen LogP contribution < -0.4 is 5.32 Å². The molecule has 0 aliphatic carbocycles. The molecule has 0 unspecified atom stereocenters. The topological polar surface area (TPSA) is 46.2 Å². The maximum Gasteiger partial charge on any atom is 0.417 e. The molecule has 0 aliphatic heterocycles. The zero-order valence-corrected chi connectivity index (χ0v) is 13.3. The molecular weight excluding hydrogens is 331 g/mol. The number of nitrogens with one attached hydrogen (secondary N) is 1. The summed E-state index contributed by atoms with van der Waals surface area (Å²) in [6.45, 7) is 1.36. The Morgan fingerprint density at radius 2 is 1.68 bits per heavy atom. The molecule has 1 amide bonds. The Labute approximate surface area is 142 Å². The predicted molar refractivity (Wildman–Crippen MR) is 87.1 cm³/mol. The van der Waals surface area contributed by atoms with E-state index in [4.69, 9.17) is 0 Å². The maximum absolute atomic E-state index is 12.9. The van der Waals surface area contributed by atoms with Crippen LogP contribution in [0.5, 0.6) is 0 Å². The summed E-state index contributed by atoms with van der Waals surface area (Å²) < 4.78 is 38.6. The Bertz CT molecular complexity index is 843. The van der Waals surface area contributed by atoms with Gasteiger partial charge in [0.15, 0.2) is 5.78 Å². The van der Waals surface area contributed by atoms with E-state index in [1.807, 2.05) is 0 Å². The Morgan fingerprint density at radius 1 is 1.04 bits per heavy atom. The number of halogens is 3. The van der Waals surface area contributed by atoms with Crippen LogP contribution in [0.4, 0.5) is 13.2 Å². The van der Waals surface area contributed by atoms with Crippen molar-refractivity contribution in [1.29, 1.82) is 0 Å². The molecule has 0 radical (unpaired) electrons. The molecule has 0 atom stereocenters. The summed E-state index contributed by atoms with van der Waals surface area (Å²) >= 11 is 0. The van der Waals surface area contributed by atoms with E-state index in [2.05, 4.69) is 17.2 Å². The molecule has 0 spiro atoms. The summed E-state index contributed by atoms with van der Waals surface area (Å²) in [5, 5.41) is 2.34. The van der Waals surface area contributed by atoms with Crippen LogP contribution in [-0.2, 0) is 6.18 Å². The number of hydrogen-bond donors (Lipinski definition) is 1. The van der Waals surface area contributed by atoms with Crippen molar-refractivity contribution in [3.8, 4) is 11.8 Å². The summed E-state index contributed by atoms with van der Waals surface area (Å²) in [4.78, 5) is 23.1. The van der Waals surface area contributed by atoms with Crippen LogP contribution in [0.15, 0.2) is 48.5 Å². The third kappa shape index (κ3) is 4.95. The van der Waals surface area contributed by atoms with E-state index in [9.17, 15) is 22.8 Å². The van der Waals surface area contributed by atoms with Crippen molar-refractivity contribution in [2.75, 3.05) is 6.54 Å². The lowest BCUT2D eigenvalue weighted by atomic mass is 10.1. The van der Waals surface area contributed by atoms with Crippen molar-refractivity contribution in [1.82, 2.24) is 5.32 Å². The second-order valence-electron chi connectivity index (χ2n) is 5.16. The molecule has 1 N–H and O–H groups in total. The van der Waals surface area contributed by atoms with E-state index in [0.29, 0.717) is 11.1 Å². The van der Waals surface area contributed by atoms with E-state index in [1.54, 1.807) is 24.3 Å². The van der Waals surface area contributed by atoms with Crippen molar-refractivity contribution in [2.45, 2.75) is 13.1 Å². The second kappa shape index (κ2) is 7.67. The van der Waals surface area contributed by atoms with Crippen molar-refractivity contribution < 1.29 is 22.8 Å². The highest BCUT2D eigenvalue weighted by Crippen LogP contribution is 2.31. The molecule has 2 rings (SSSR count). The first-order valence-electron chi connectivity index (χ1n) is 7.33. The van der Waals surface area contributed by atoms with Crippen molar-refractivity contribution in [2.24, 2.45) is 0 Å². The van der Waals surface area contributed by atoms with E-state index >= 15 is 0 Å². The van der Waals surface area contributed by atoms with Gasteiger partial charge in [0.25, 0.3) is 5.91 Å². The summed E-state index contributed by atoms with van der Waals surface area (Å²) in [7, 11) is 0. The lowest BCUT2D eigenvalue weighted by molar-refractivity contribution is -0.137. The minimum atomic E-state index is -4.60. The predicted octanol–water partition coefficient (Wildman–Crippen LogP) is 3.69.